The lowest BCUT2D eigenvalue weighted by molar-refractivity contribution is -0.132. The van der Waals surface area contributed by atoms with Gasteiger partial charge in [0.05, 0.1) is 0 Å². The fourth-order valence-electron chi connectivity index (χ4n) is 2.00. The van der Waals surface area contributed by atoms with Gasteiger partial charge < -0.3 is 5.11 Å². The molecule has 0 fully saturated rings. The largest absolute Gasteiger partial charge is 0.478 e. The van der Waals surface area contributed by atoms with Gasteiger partial charge >= 0.3 is 5.97 Å². The van der Waals surface area contributed by atoms with E-state index in [0.29, 0.717) is 0 Å². The molecule has 0 spiro atoms. The summed E-state index contributed by atoms with van der Waals surface area (Å²) < 4.78 is 0. The SMILES string of the molecule is C=C(C(=O)O)[C@H](C)c1cccc2ccccc12. The molecule has 86 valence electrons. The number of hydrogen-bond acceptors (Lipinski definition) is 1. The van der Waals surface area contributed by atoms with E-state index in [0.717, 1.165) is 16.3 Å². The fraction of sp³-hybridized carbons (Fsp3) is 0.133. The molecule has 2 rings (SSSR count). The van der Waals surface area contributed by atoms with Gasteiger partial charge in [-0.25, -0.2) is 4.79 Å². The topological polar surface area (TPSA) is 37.3 Å². The summed E-state index contributed by atoms with van der Waals surface area (Å²) in [6.45, 7) is 5.51. The van der Waals surface area contributed by atoms with E-state index in [1.165, 1.54) is 0 Å². The second-order valence-corrected chi connectivity index (χ2v) is 4.12. The molecule has 2 heteroatoms. The molecule has 0 aliphatic heterocycles. The van der Waals surface area contributed by atoms with Gasteiger partial charge in [-0.05, 0) is 16.3 Å². The average Bonchev–Trinajstić information content (AvgIpc) is 2.36. The lowest BCUT2D eigenvalue weighted by atomic mass is 9.90. The number of aliphatic carboxylic acids is 1. The number of carbonyl (C=O) groups is 1. The first-order valence-electron chi connectivity index (χ1n) is 5.51. The highest BCUT2D eigenvalue weighted by atomic mass is 16.4. The van der Waals surface area contributed by atoms with E-state index >= 15 is 0 Å². The maximum absolute atomic E-state index is 11.0. The Hall–Kier alpha value is -2.09. The van der Waals surface area contributed by atoms with E-state index in [9.17, 15) is 4.79 Å². The van der Waals surface area contributed by atoms with Crippen molar-refractivity contribution < 1.29 is 9.90 Å². The normalized spacial score (nSPS) is 12.3. The Balaban J connectivity index is 2.56. The van der Waals surface area contributed by atoms with Gasteiger partial charge in [-0.15, -0.1) is 0 Å². The molecule has 0 saturated carbocycles. The van der Waals surface area contributed by atoms with Crippen LogP contribution in [0.5, 0.6) is 0 Å². The molecule has 1 N–H and O–H groups in total. The predicted octanol–water partition coefficient (Wildman–Crippen LogP) is 3.58. The number of fused-ring (bicyclic) bond motifs is 1. The summed E-state index contributed by atoms with van der Waals surface area (Å²) in [5.41, 5.74) is 1.23. The third-order valence-corrected chi connectivity index (χ3v) is 3.09. The van der Waals surface area contributed by atoms with Gasteiger partial charge in [0.15, 0.2) is 0 Å². The van der Waals surface area contributed by atoms with Crippen molar-refractivity contribution in [2.24, 2.45) is 0 Å². The Bertz CT molecular complexity index is 579. The molecule has 0 aromatic heterocycles. The minimum Gasteiger partial charge on any atom is -0.478 e. The minimum atomic E-state index is -0.939. The molecule has 0 bridgehead atoms. The summed E-state index contributed by atoms with van der Waals surface area (Å²) in [6, 6.07) is 13.9. The van der Waals surface area contributed by atoms with Gasteiger partial charge in [0.25, 0.3) is 0 Å². The molecule has 0 heterocycles. The van der Waals surface area contributed by atoms with E-state index in [2.05, 4.69) is 6.58 Å². The highest BCUT2D eigenvalue weighted by Crippen LogP contribution is 2.29. The zero-order valence-corrected chi connectivity index (χ0v) is 9.68. The van der Waals surface area contributed by atoms with E-state index in [1.54, 1.807) is 0 Å². The highest BCUT2D eigenvalue weighted by molar-refractivity contribution is 5.91. The van der Waals surface area contributed by atoms with Gasteiger partial charge in [0, 0.05) is 11.5 Å². The summed E-state index contributed by atoms with van der Waals surface area (Å²) in [7, 11) is 0. The van der Waals surface area contributed by atoms with E-state index in [1.807, 2.05) is 49.4 Å². The molecule has 0 radical (unpaired) electrons. The van der Waals surface area contributed by atoms with E-state index in [-0.39, 0.29) is 11.5 Å². The molecule has 0 amide bonds. The molecule has 2 nitrogen and oxygen atoms in total. The van der Waals surface area contributed by atoms with Crippen LogP contribution in [0.15, 0.2) is 54.6 Å². The van der Waals surface area contributed by atoms with Crippen molar-refractivity contribution in [3.63, 3.8) is 0 Å². The molecule has 17 heavy (non-hydrogen) atoms. The van der Waals surface area contributed by atoms with Crippen molar-refractivity contribution in [3.05, 3.63) is 60.2 Å². The van der Waals surface area contributed by atoms with Crippen LogP contribution in [-0.2, 0) is 4.79 Å². The first-order valence-corrected chi connectivity index (χ1v) is 5.51. The van der Waals surface area contributed by atoms with Gasteiger partial charge in [0.1, 0.15) is 0 Å². The third kappa shape index (κ3) is 2.07. The molecule has 0 aliphatic rings. The number of carboxylic acid groups (broad SMARTS) is 1. The summed E-state index contributed by atoms with van der Waals surface area (Å²) >= 11 is 0. The summed E-state index contributed by atoms with van der Waals surface area (Å²) in [4.78, 5) is 11.0. The maximum atomic E-state index is 11.0. The molecule has 1 atom stereocenters. The summed E-state index contributed by atoms with van der Waals surface area (Å²) in [6.07, 6.45) is 0. The first kappa shape index (κ1) is 11.4. The first-order chi connectivity index (χ1) is 8.11. The average molecular weight is 226 g/mol. The summed E-state index contributed by atoms with van der Waals surface area (Å²) in [5, 5.41) is 11.2. The van der Waals surface area contributed by atoms with Crippen molar-refractivity contribution >= 4 is 16.7 Å². The van der Waals surface area contributed by atoms with E-state index in [4.69, 9.17) is 5.11 Å². The van der Waals surface area contributed by atoms with Crippen molar-refractivity contribution in [2.45, 2.75) is 12.8 Å². The van der Waals surface area contributed by atoms with Crippen molar-refractivity contribution in [3.8, 4) is 0 Å². The molecule has 2 aromatic carbocycles. The second kappa shape index (κ2) is 4.42. The van der Waals surface area contributed by atoms with Crippen LogP contribution in [0.3, 0.4) is 0 Å². The standard InChI is InChI=1S/C15H14O2/c1-10(11(2)15(16)17)13-9-5-7-12-6-3-4-8-14(12)13/h3-10H,2H2,1H3,(H,16,17)/t10-/m0/s1. The quantitative estimate of drug-likeness (QED) is 0.812. The van der Waals surface area contributed by atoms with Gasteiger partial charge in [0.2, 0.25) is 0 Å². The van der Waals surface area contributed by atoms with Crippen molar-refractivity contribution in [1.29, 1.82) is 0 Å². The van der Waals surface area contributed by atoms with Crippen LogP contribution in [0.4, 0.5) is 0 Å². The second-order valence-electron chi connectivity index (χ2n) is 4.12. The van der Waals surface area contributed by atoms with Gasteiger partial charge in [-0.3, -0.25) is 0 Å². The zero-order chi connectivity index (χ0) is 12.4. The van der Waals surface area contributed by atoms with Crippen LogP contribution in [0, 0.1) is 0 Å². The van der Waals surface area contributed by atoms with Gasteiger partial charge in [-0.1, -0.05) is 56.0 Å². The molecular weight excluding hydrogens is 212 g/mol. The van der Waals surface area contributed by atoms with Crippen LogP contribution >= 0.6 is 0 Å². The number of rotatable bonds is 3. The maximum Gasteiger partial charge on any atom is 0.331 e. The number of carboxylic acids is 1. The number of benzene rings is 2. The molecular formula is C15H14O2. The van der Waals surface area contributed by atoms with Crippen LogP contribution < -0.4 is 0 Å². The lowest BCUT2D eigenvalue weighted by Gasteiger charge is -2.14. The fourth-order valence-corrected chi connectivity index (χ4v) is 2.00. The Morgan fingerprint density at radius 1 is 1.18 bits per heavy atom. The van der Waals surface area contributed by atoms with Crippen LogP contribution in [0.25, 0.3) is 10.8 Å². The molecule has 0 aliphatic carbocycles. The zero-order valence-electron chi connectivity index (χ0n) is 9.68. The number of hydrogen-bond donors (Lipinski definition) is 1. The van der Waals surface area contributed by atoms with Crippen molar-refractivity contribution in [1.82, 2.24) is 0 Å². The monoisotopic (exact) mass is 226 g/mol. The Morgan fingerprint density at radius 3 is 2.53 bits per heavy atom. The minimum absolute atomic E-state index is 0.182. The van der Waals surface area contributed by atoms with Crippen LogP contribution in [0.2, 0.25) is 0 Å². The molecule has 0 unspecified atom stereocenters. The third-order valence-electron chi connectivity index (χ3n) is 3.09. The smallest absolute Gasteiger partial charge is 0.331 e. The highest BCUT2D eigenvalue weighted by Gasteiger charge is 2.17. The van der Waals surface area contributed by atoms with E-state index < -0.39 is 5.97 Å². The Labute approximate surface area is 100 Å². The Morgan fingerprint density at radius 2 is 1.82 bits per heavy atom. The predicted molar refractivity (Wildman–Crippen MR) is 69.1 cm³/mol. The molecule has 2 aromatic rings. The molecule has 0 saturated heterocycles. The van der Waals surface area contributed by atoms with Crippen LogP contribution in [-0.4, -0.2) is 11.1 Å². The lowest BCUT2D eigenvalue weighted by Crippen LogP contribution is -2.07. The van der Waals surface area contributed by atoms with Crippen LogP contribution in [0.1, 0.15) is 18.4 Å². The van der Waals surface area contributed by atoms with Gasteiger partial charge in [-0.2, -0.15) is 0 Å². The Kier molecular flexibility index (Phi) is 2.96. The summed E-state index contributed by atoms with van der Waals surface area (Å²) in [5.74, 6) is -1.12. The van der Waals surface area contributed by atoms with Crippen molar-refractivity contribution in [2.75, 3.05) is 0 Å².